The molecule has 2 aromatic rings. The summed E-state index contributed by atoms with van der Waals surface area (Å²) >= 11 is 0. The zero-order chi connectivity index (χ0) is 12.3. The van der Waals surface area contributed by atoms with Gasteiger partial charge in [-0.1, -0.05) is 48.9 Å². The lowest BCUT2D eigenvalue weighted by molar-refractivity contribution is 0.625. The van der Waals surface area contributed by atoms with Crippen molar-refractivity contribution in [2.75, 3.05) is 0 Å². The minimum atomic E-state index is -0.170. The fourth-order valence-corrected chi connectivity index (χ4v) is 1.99. The number of halogens is 1. The van der Waals surface area contributed by atoms with Crippen LogP contribution in [0.2, 0.25) is 0 Å². The van der Waals surface area contributed by atoms with Crippen molar-refractivity contribution in [3.8, 4) is 0 Å². The Kier molecular flexibility index (Phi) is 3.58. The highest BCUT2D eigenvalue weighted by Gasteiger charge is 2.06. The average molecular weight is 228 g/mol. The van der Waals surface area contributed by atoms with Gasteiger partial charge >= 0.3 is 0 Å². The van der Waals surface area contributed by atoms with E-state index in [9.17, 15) is 4.39 Å². The zero-order valence-electron chi connectivity index (χ0n) is 10.3. The minimum absolute atomic E-state index is 0.170. The molecule has 1 heteroatoms. The van der Waals surface area contributed by atoms with Gasteiger partial charge in [0.25, 0.3) is 0 Å². The Morgan fingerprint density at radius 1 is 0.941 bits per heavy atom. The Balaban J connectivity index is 2.08. The summed E-state index contributed by atoms with van der Waals surface area (Å²) in [4.78, 5) is 0. The third-order valence-electron chi connectivity index (χ3n) is 3.10. The Morgan fingerprint density at radius 2 is 1.53 bits per heavy atom. The van der Waals surface area contributed by atoms with E-state index in [0.717, 1.165) is 6.42 Å². The molecule has 0 fully saturated rings. The van der Waals surface area contributed by atoms with Gasteiger partial charge in [0.1, 0.15) is 5.82 Å². The van der Waals surface area contributed by atoms with Crippen LogP contribution in [0.15, 0.2) is 48.5 Å². The molecule has 88 valence electrons. The van der Waals surface area contributed by atoms with Gasteiger partial charge in [-0.25, -0.2) is 4.39 Å². The molecule has 0 spiro atoms. The summed E-state index contributed by atoms with van der Waals surface area (Å²) in [5, 5.41) is 0. The smallest absolute Gasteiger partial charge is 0.123 e. The summed E-state index contributed by atoms with van der Waals surface area (Å²) in [7, 11) is 0. The van der Waals surface area contributed by atoms with Crippen molar-refractivity contribution in [2.45, 2.75) is 26.2 Å². The normalized spacial score (nSPS) is 12.4. The van der Waals surface area contributed by atoms with E-state index in [2.05, 4.69) is 38.1 Å². The Hall–Kier alpha value is -1.63. The highest BCUT2D eigenvalue weighted by molar-refractivity contribution is 5.26. The van der Waals surface area contributed by atoms with Crippen molar-refractivity contribution in [1.82, 2.24) is 0 Å². The summed E-state index contributed by atoms with van der Waals surface area (Å²) in [5.41, 5.74) is 3.79. The lowest BCUT2D eigenvalue weighted by atomic mass is 9.93. The lowest BCUT2D eigenvalue weighted by Crippen LogP contribution is -1.98. The molecule has 2 aromatic carbocycles. The first-order chi connectivity index (χ1) is 8.15. The number of benzene rings is 2. The number of hydrogen-bond donors (Lipinski definition) is 0. The molecule has 0 aliphatic carbocycles. The van der Waals surface area contributed by atoms with E-state index in [4.69, 9.17) is 0 Å². The van der Waals surface area contributed by atoms with E-state index in [-0.39, 0.29) is 5.82 Å². The van der Waals surface area contributed by atoms with Gasteiger partial charge < -0.3 is 0 Å². The van der Waals surface area contributed by atoms with Crippen LogP contribution in [0.1, 0.15) is 29.5 Å². The maximum Gasteiger partial charge on any atom is 0.123 e. The zero-order valence-corrected chi connectivity index (χ0v) is 10.3. The van der Waals surface area contributed by atoms with Crippen LogP contribution < -0.4 is 0 Å². The second-order valence-electron chi connectivity index (χ2n) is 4.64. The molecule has 0 aliphatic rings. The maximum absolute atomic E-state index is 12.8. The molecule has 0 amide bonds. The molecule has 0 nitrogen and oxygen atoms in total. The molecule has 0 saturated heterocycles. The first-order valence-electron chi connectivity index (χ1n) is 5.96. The Bertz CT molecular complexity index is 468. The fourth-order valence-electron chi connectivity index (χ4n) is 1.99. The standard InChI is InChI=1S/C16H17F/c1-12-3-5-14(6-4-12)11-13(2)15-7-9-16(17)10-8-15/h3-10,13H,11H2,1-2H3. The SMILES string of the molecule is Cc1ccc(CC(C)c2ccc(F)cc2)cc1. The first-order valence-corrected chi connectivity index (χ1v) is 5.96. The van der Waals surface area contributed by atoms with Crippen molar-refractivity contribution in [1.29, 1.82) is 0 Å². The molecule has 0 saturated carbocycles. The summed E-state index contributed by atoms with van der Waals surface area (Å²) in [6.07, 6.45) is 0.992. The van der Waals surface area contributed by atoms with Gasteiger partial charge in [-0.15, -0.1) is 0 Å². The summed E-state index contributed by atoms with van der Waals surface area (Å²) in [5.74, 6) is 0.245. The largest absolute Gasteiger partial charge is 0.207 e. The van der Waals surface area contributed by atoms with E-state index in [0.29, 0.717) is 5.92 Å². The molecule has 0 heterocycles. The van der Waals surface area contributed by atoms with Gasteiger partial charge in [-0.3, -0.25) is 0 Å². The molecule has 0 bridgehead atoms. The first kappa shape index (κ1) is 11.8. The maximum atomic E-state index is 12.8. The van der Waals surface area contributed by atoms with Crippen molar-refractivity contribution in [2.24, 2.45) is 0 Å². The van der Waals surface area contributed by atoms with Crippen LogP contribution in [-0.2, 0) is 6.42 Å². The van der Waals surface area contributed by atoms with Crippen LogP contribution in [0.25, 0.3) is 0 Å². The number of rotatable bonds is 3. The van der Waals surface area contributed by atoms with E-state index in [1.54, 1.807) is 0 Å². The molecule has 17 heavy (non-hydrogen) atoms. The second-order valence-corrected chi connectivity index (χ2v) is 4.64. The Morgan fingerprint density at radius 3 is 2.12 bits per heavy atom. The van der Waals surface area contributed by atoms with Gasteiger partial charge in [0.15, 0.2) is 0 Å². The van der Waals surface area contributed by atoms with E-state index >= 15 is 0 Å². The Labute approximate surface area is 102 Å². The van der Waals surface area contributed by atoms with E-state index in [1.807, 2.05) is 12.1 Å². The molecule has 0 radical (unpaired) electrons. The second kappa shape index (κ2) is 5.13. The van der Waals surface area contributed by atoms with Crippen LogP contribution in [-0.4, -0.2) is 0 Å². The third kappa shape index (κ3) is 3.16. The third-order valence-corrected chi connectivity index (χ3v) is 3.10. The van der Waals surface area contributed by atoms with Crippen molar-refractivity contribution in [3.05, 3.63) is 71.0 Å². The van der Waals surface area contributed by atoms with E-state index in [1.165, 1.54) is 28.8 Å². The lowest BCUT2D eigenvalue weighted by Gasteiger charge is -2.12. The number of hydrogen-bond acceptors (Lipinski definition) is 0. The molecular formula is C16H17F. The van der Waals surface area contributed by atoms with Crippen LogP contribution in [0, 0.1) is 12.7 Å². The van der Waals surface area contributed by atoms with Gasteiger partial charge in [-0.05, 0) is 42.5 Å². The molecule has 0 aromatic heterocycles. The fraction of sp³-hybridized carbons (Fsp3) is 0.250. The molecular weight excluding hydrogens is 211 g/mol. The number of aryl methyl sites for hydroxylation is 1. The van der Waals surface area contributed by atoms with Gasteiger partial charge in [0.2, 0.25) is 0 Å². The highest BCUT2D eigenvalue weighted by Crippen LogP contribution is 2.20. The van der Waals surface area contributed by atoms with Crippen LogP contribution in [0.3, 0.4) is 0 Å². The van der Waals surface area contributed by atoms with Crippen molar-refractivity contribution in [3.63, 3.8) is 0 Å². The molecule has 2 rings (SSSR count). The van der Waals surface area contributed by atoms with Gasteiger partial charge in [0.05, 0.1) is 0 Å². The predicted molar refractivity (Wildman–Crippen MR) is 69.7 cm³/mol. The average Bonchev–Trinajstić information content (AvgIpc) is 2.33. The quantitative estimate of drug-likeness (QED) is 0.726. The van der Waals surface area contributed by atoms with Crippen molar-refractivity contribution >= 4 is 0 Å². The highest BCUT2D eigenvalue weighted by atomic mass is 19.1. The van der Waals surface area contributed by atoms with Crippen LogP contribution >= 0.6 is 0 Å². The van der Waals surface area contributed by atoms with Gasteiger partial charge in [0, 0.05) is 0 Å². The topological polar surface area (TPSA) is 0 Å². The molecule has 0 aliphatic heterocycles. The summed E-state index contributed by atoms with van der Waals surface area (Å²) in [6.45, 7) is 4.26. The summed E-state index contributed by atoms with van der Waals surface area (Å²) < 4.78 is 12.8. The molecule has 1 atom stereocenters. The van der Waals surface area contributed by atoms with Crippen molar-refractivity contribution < 1.29 is 4.39 Å². The molecule has 0 N–H and O–H groups in total. The monoisotopic (exact) mass is 228 g/mol. The summed E-state index contributed by atoms with van der Waals surface area (Å²) in [6, 6.07) is 15.4. The predicted octanol–water partition coefficient (Wildman–Crippen LogP) is 4.48. The van der Waals surface area contributed by atoms with E-state index < -0.39 is 0 Å². The van der Waals surface area contributed by atoms with Gasteiger partial charge in [-0.2, -0.15) is 0 Å². The van der Waals surface area contributed by atoms with Crippen LogP contribution in [0.5, 0.6) is 0 Å². The minimum Gasteiger partial charge on any atom is -0.207 e. The van der Waals surface area contributed by atoms with Crippen LogP contribution in [0.4, 0.5) is 4.39 Å². The molecule has 1 unspecified atom stereocenters.